The molecular formula is C50H55BF2I2N2O9. The van der Waals surface area contributed by atoms with E-state index in [0.717, 1.165) is 35.0 Å². The van der Waals surface area contributed by atoms with Crippen LogP contribution in [0, 0.1) is 22.8 Å². The minimum absolute atomic E-state index is 0.116. The third kappa shape index (κ3) is 13.0. The molecule has 3 heterocycles. The standard InChI is InChI=1S/C50H55BF2I2N2O9/c1-6-23-64-43-19-13-40(14-20-43)46-49-36(2)47(54)44(21-11-38-7-15-41(16-8-38)65-34-32-62-30-28-60-26-24-58-4)56(49)51(52,53)57-45(48(55)37(3)50(46)57)22-12-39-9-17-42(18-10-39)66-35-33-63-31-29-61-27-25-59-5/h1,7-22H,23-35H2,2-5H3/b21-11+,22-12+. The summed E-state index contributed by atoms with van der Waals surface area (Å²) in [5.41, 5.74) is 6.37. The first-order chi connectivity index (χ1) is 32.1. The summed E-state index contributed by atoms with van der Waals surface area (Å²) in [6, 6.07) is 22.5. The van der Waals surface area contributed by atoms with Gasteiger partial charge in [0.25, 0.3) is 0 Å². The fourth-order valence-corrected chi connectivity index (χ4v) is 8.77. The van der Waals surface area contributed by atoms with Crippen molar-refractivity contribution in [3.63, 3.8) is 0 Å². The average Bonchev–Trinajstić information content (AvgIpc) is 3.74. The Morgan fingerprint density at radius 3 is 1.58 bits per heavy atom. The molecule has 6 rings (SSSR count). The van der Waals surface area contributed by atoms with E-state index in [0.29, 0.717) is 125 Å². The molecule has 3 aromatic carbocycles. The normalized spacial score (nSPS) is 14.4. The van der Waals surface area contributed by atoms with Gasteiger partial charge in [-0.15, -0.1) is 6.42 Å². The molecule has 4 aromatic rings. The van der Waals surface area contributed by atoms with Crippen LogP contribution in [0.2, 0.25) is 0 Å². The molecule has 11 nitrogen and oxygen atoms in total. The summed E-state index contributed by atoms with van der Waals surface area (Å²) in [6.45, 7) is 5.12. The zero-order chi connectivity index (χ0) is 46.9. The van der Waals surface area contributed by atoms with E-state index >= 15 is 8.63 Å². The Kier molecular flexibility index (Phi) is 19.9. The van der Waals surface area contributed by atoms with Crippen LogP contribution in [-0.4, -0.2) is 122 Å². The minimum atomic E-state index is -4.43. The Morgan fingerprint density at radius 1 is 0.621 bits per heavy atom. The molecule has 2 aliphatic heterocycles. The van der Waals surface area contributed by atoms with Crippen LogP contribution in [-0.2, 0) is 28.4 Å². The molecule has 0 N–H and O–H groups in total. The molecular weight excluding hydrogens is 1080 g/mol. The molecule has 0 atom stereocenters. The van der Waals surface area contributed by atoms with Crippen LogP contribution in [0.4, 0.5) is 8.63 Å². The quantitative estimate of drug-likeness (QED) is 0.0251. The number of rotatable bonds is 27. The van der Waals surface area contributed by atoms with Crippen molar-refractivity contribution in [3.05, 3.63) is 131 Å². The second kappa shape index (κ2) is 25.7. The second-order valence-corrected chi connectivity index (χ2v) is 17.2. The predicted molar refractivity (Wildman–Crippen MR) is 273 cm³/mol. The van der Waals surface area contributed by atoms with Crippen LogP contribution in [0.25, 0.3) is 23.8 Å². The van der Waals surface area contributed by atoms with Gasteiger partial charge >= 0.3 is 6.97 Å². The van der Waals surface area contributed by atoms with Gasteiger partial charge in [-0.1, -0.05) is 48.4 Å². The Hall–Kier alpha value is -4.33. The monoisotopic (exact) mass is 1130 g/mol. The third-order valence-corrected chi connectivity index (χ3v) is 13.3. The maximum Gasteiger partial charge on any atom is 0.737 e. The molecule has 66 heavy (non-hydrogen) atoms. The van der Waals surface area contributed by atoms with Crippen LogP contribution in [0.3, 0.4) is 0 Å². The van der Waals surface area contributed by atoms with Crippen LogP contribution in [0.5, 0.6) is 17.2 Å². The molecule has 0 spiro atoms. The van der Waals surface area contributed by atoms with Crippen LogP contribution in [0.15, 0.2) is 93.7 Å². The number of nitrogens with zero attached hydrogens (tertiary/aromatic N) is 2. The van der Waals surface area contributed by atoms with E-state index in [9.17, 15) is 0 Å². The van der Waals surface area contributed by atoms with E-state index in [2.05, 4.69) is 51.1 Å². The van der Waals surface area contributed by atoms with Gasteiger partial charge in [-0.25, -0.2) is 0 Å². The maximum atomic E-state index is 17.9. The summed E-state index contributed by atoms with van der Waals surface area (Å²) in [4.78, 5) is 0. The van der Waals surface area contributed by atoms with E-state index in [-0.39, 0.29) is 6.61 Å². The Bertz CT molecular complexity index is 2440. The fraction of sp³-hybridized carbons (Fsp3) is 0.340. The number of fused-ring (bicyclic) bond motifs is 2. The van der Waals surface area contributed by atoms with Crippen molar-refractivity contribution in [2.24, 2.45) is 0 Å². The highest BCUT2D eigenvalue weighted by Crippen LogP contribution is 2.48. The molecule has 1 aromatic heterocycles. The summed E-state index contributed by atoms with van der Waals surface area (Å²) < 4.78 is 89.0. The molecule has 0 bridgehead atoms. The van der Waals surface area contributed by atoms with Gasteiger partial charge in [-0.3, -0.25) is 0 Å². The summed E-state index contributed by atoms with van der Waals surface area (Å²) >= 11 is 4.39. The maximum absolute atomic E-state index is 17.9. The highest BCUT2D eigenvalue weighted by Gasteiger charge is 2.57. The largest absolute Gasteiger partial charge is 0.737 e. The summed E-state index contributed by atoms with van der Waals surface area (Å²) in [7, 11) is 3.26. The van der Waals surface area contributed by atoms with Gasteiger partial charge in [0.1, 0.15) is 37.1 Å². The van der Waals surface area contributed by atoms with Crippen molar-refractivity contribution in [2.45, 2.75) is 13.8 Å². The van der Waals surface area contributed by atoms with Gasteiger partial charge in [-0.05, 0) is 130 Å². The van der Waals surface area contributed by atoms with E-state index in [1.54, 1.807) is 26.4 Å². The smallest absolute Gasteiger partial charge is 0.491 e. The average molecular weight is 1130 g/mol. The molecule has 16 heteroatoms. The number of hydrogen-bond donors (Lipinski definition) is 0. The van der Waals surface area contributed by atoms with Crippen molar-refractivity contribution in [3.8, 4) is 29.6 Å². The number of hydrogen-bond acceptors (Lipinski definition) is 9. The van der Waals surface area contributed by atoms with Crippen molar-refractivity contribution < 1.29 is 55.7 Å². The van der Waals surface area contributed by atoms with Crippen LogP contribution >= 0.6 is 45.2 Å². The Balaban J connectivity index is 1.26. The fourth-order valence-electron chi connectivity index (χ4n) is 7.38. The highest BCUT2D eigenvalue weighted by atomic mass is 127. The first-order valence-corrected chi connectivity index (χ1v) is 23.7. The number of methoxy groups -OCH3 is 2. The van der Waals surface area contributed by atoms with Gasteiger partial charge in [0.2, 0.25) is 0 Å². The van der Waals surface area contributed by atoms with E-state index in [1.807, 2.05) is 98.8 Å². The Labute approximate surface area is 413 Å². The number of allylic oxidation sites excluding steroid dienone is 3. The molecule has 0 saturated heterocycles. The molecule has 0 saturated carbocycles. The van der Waals surface area contributed by atoms with Gasteiger partial charge in [-0.2, -0.15) is 0 Å². The van der Waals surface area contributed by atoms with Crippen molar-refractivity contribution in [2.75, 3.05) is 100 Å². The Morgan fingerprint density at radius 2 is 1.08 bits per heavy atom. The third-order valence-electron chi connectivity index (χ3n) is 10.6. The number of benzene rings is 3. The molecule has 0 amide bonds. The number of halogens is 4. The number of ether oxygens (including phenoxy) is 9. The lowest BCUT2D eigenvalue weighted by Gasteiger charge is -2.34. The first-order valence-electron chi connectivity index (χ1n) is 21.6. The molecule has 0 unspecified atom stereocenters. The van der Waals surface area contributed by atoms with E-state index < -0.39 is 6.97 Å². The van der Waals surface area contributed by atoms with Crippen LogP contribution < -0.4 is 14.2 Å². The van der Waals surface area contributed by atoms with Gasteiger partial charge in [0, 0.05) is 40.8 Å². The first kappa shape index (κ1) is 51.1. The zero-order valence-corrected chi connectivity index (χ0v) is 42.0. The van der Waals surface area contributed by atoms with E-state index in [4.69, 9.17) is 49.1 Å². The lowest BCUT2D eigenvalue weighted by molar-refractivity contribution is -0.362. The van der Waals surface area contributed by atoms with Gasteiger partial charge in [0.05, 0.1) is 75.2 Å². The lowest BCUT2D eigenvalue weighted by atomic mass is 9.83. The number of terminal acetylenes is 1. The summed E-state index contributed by atoms with van der Waals surface area (Å²) in [6.07, 6.45) is 12.7. The number of aromatic nitrogens is 1. The van der Waals surface area contributed by atoms with Crippen molar-refractivity contribution >= 4 is 81.7 Å². The molecule has 0 fully saturated rings. The zero-order valence-electron chi connectivity index (χ0n) is 37.7. The molecule has 0 aliphatic carbocycles. The minimum Gasteiger partial charge on any atom is -0.491 e. The second-order valence-electron chi connectivity index (χ2n) is 15.0. The summed E-state index contributed by atoms with van der Waals surface area (Å²) in [5.74, 6) is 4.43. The molecule has 0 radical (unpaired) electrons. The van der Waals surface area contributed by atoms with Gasteiger partial charge in [0.15, 0.2) is 11.4 Å². The van der Waals surface area contributed by atoms with Crippen LogP contribution in [0.1, 0.15) is 40.6 Å². The van der Waals surface area contributed by atoms with Crippen molar-refractivity contribution in [1.82, 2.24) is 4.48 Å². The highest BCUT2D eigenvalue weighted by molar-refractivity contribution is 14.1. The topological polar surface area (TPSA) is 91.0 Å². The lowest BCUT2D eigenvalue weighted by Crippen LogP contribution is -2.51. The van der Waals surface area contributed by atoms with Gasteiger partial charge < -0.3 is 60.2 Å². The molecule has 2 aliphatic rings. The van der Waals surface area contributed by atoms with E-state index in [1.165, 1.54) is 8.96 Å². The SMILES string of the molecule is C#CCOc1ccc(C2=C3C(C)=C(I)C(/C=C/c4ccc(OCCOCCOCCOC)cc4)=[N+]3[B-](F)(F)n3c(/C=C/c4ccc(OCCOCCOCCOC)cc4)c(I)c(C)c32)cc1. The van der Waals surface area contributed by atoms with Crippen molar-refractivity contribution in [1.29, 1.82) is 0 Å². The molecule has 350 valence electrons. The summed E-state index contributed by atoms with van der Waals surface area (Å²) in [5, 5.41) is 0. The predicted octanol–water partition coefficient (Wildman–Crippen LogP) is 9.59.